The van der Waals surface area contributed by atoms with Crippen molar-refractivity contribution >= 4 is 22.8 Å². The maximum absolute atomic E-state index is 5.48. The monoisotopic (exact) mass is 1030 g/mol. The van der Waals surface area contributed by atoms with Crippen LogP contribution in [0.2, 0.25) is 0 Å². The molecule has 75 heavy (non-hydrogen) atoms. The van der Waals surface area contributed by atoms with Crippen LogP contribution in [0, 0.1) is 23.7 Å². The minimum absolute atomic E-state index is 0.865. The molecule has 0 atom stereocenters. The lowest BCUT2D eigenvalue weighted by Gasteiger charge is -2.11. The molecule has 0 saturated heterocycles. The van der Waals surface area contributed by atoms with Gasteiger partial charge in [-0.15, -0.1) is 11.8 Å². The lowest BCUT2D eigenvalue weighted by atomic mass is 9.99. The summed E-state index contributed by atoms with van der Waals surface area (Å²) in [6.45, 7) is 11.5. The lowest BCUT2D eigenvalue weighted by molar-refractivity contribution is 0.522. The molecule has 0 aliphatic rings. The Bertz CT molecular complexity index is 1770. The Kier molecular flexibility index (Phi) is 48.0. The van der Waals surface area contributed by atoms with Crippen LogP contribution in [0.25, 0.3) is 0 Å². The molecular formula is C73H122N2. The van der Waals surface area contributed by atoms with Gasteiger partial charge in [0.05, 0.1) is 17.1 Å². The van der Waals surface area contributed by atoms with Crippen molar-refractivity contribution in [1.29, 1.82) is 0 Å². The highest BCUT2D eigenvalue weighted by molar-refractivity contribution is 6.49. The number of rotatable bonds is 51. The Hall–Kier alpha value is -3.10. The number of nitrogens with zero attached hydrogens (tertiary/aromatic N) is 2. The molecule has 0 heterocycles. The fraction of sp³-hybridized carbons (Fsp3) is 0.753. The summed E-state index contributed by atoms with van der Waals surface area (Å²) < 4.78 is 0. The van der Waals surface area contributed by atoms with Crippen LogP contribution in [0.1, 0.15) is 353 Å². The Morgan fingerprint density at radius 3 is 1.16 bits per heavy atom. The minimum Gasteiger partial charge on any atom is -0.250 e. The number of hydrogen-bond donors (Lipinski definition) is 0. The van der Waals surface area contributed by atoms with Crippen LogP contribution >= 0.6 is 0 Å². The molecule has 0 radical (unpaired) electrons. The molecule has 0 fully saturated rings. The standard InChI is InChI=1S/C73H122N2/c1-6-11-14-16-18-20-22-24-26-28-30-32-34-36-38-40-42-44-46-48-50-53-59-68-60-55-56-61-71(68)75-73(62-52-13-8-3)72(74-70-65-64-67(57-9-4)69(66-70)58-10-5)63-54-51-49-47-45-43-41-39-37-35-33-31-29-27-25-23-21-19-17-15-12-7-2/h55-56,60-61,64-66H,6-47,49,51-53,57-59,62H2,1-5H3. The molecule has 2 aromatic rings. The third-order valence-electron chi connectivity index (χ3n) is 15.7. The van der Waals surface area contributed by atoms with E-state index in [9.17, 15) is 0 Å². The fourth-order valence-corrected chi connectivity index (χ4v) is 10.8. The number of aliphatic imine (C=N–C) groups is 2. The van der Waals surface area contributed by atoms with E-state index in [1.165, 1.54) is 267 Å². The average molecular weight is 1030 g/mol. The van der Waals surface area contributed by atoms with Crippen molar-refractivity contribution in [2.24, 2.45) is 9.98 Å². The summed E-state index contributed by atoms with van der Waals surface area (Å²) >= 11 is 0. The Morgan fingerprint density at radius 2 is 0.707 bits per heavy atom. The normalized spacial score (nSPS) is 11.7. The second-order valence-corrected chi connectivity index (χ2v) is 22.9. The summed E-state index contributed by atoms with van der Waals surface area (Å²) in [5.74, 6) is 14.3. The second kappa shape index (κ2) is 52.9. The Morgan fingerprint density at radius 1 is 0.320 bits per heavy atom. The fourth-order valence-electron chi connectivity index (χ4n) is 10.8. The van der Waals surface area contributed by atoms with Crippen LogP contribution in [0.5, 0.6) is 0 Å². The van der Waals surface area contributed by atoms with Gasteiger partial charge in [-0.25, -0.2) is 4.99 Å². The number of para-hydroxylation sites is 1. The number of hydrogen-bond acceptors (Lipinski definition) is 2. The van der Waals surface area contributed by atoms with Crippen LogP contribution < -0.4 is 0 Å². The summed E-state index contributed by atoms with van der Waals surface area (Å²) in [4.78, 5) is 10.9. The van der Waals surface area contributed by atoms with Gasteiger partial charge in [0.2, 0.25) is 0 Å². The molecule has 2 aromatic carbocycles. The van der Waals surface area contributed by atoms with Crippen molar-refractivity contribution in [3.8, 4) is 23.7 Å². The van der Waals surface area contributed by atoms with E-state index in [-0.39, 0.29) is 0 Å². The third-order valence-corrected chi connectivity index (χ3v) is 15.7. The predicted octanol–water partition coefficient (Wildman–Crippen LogP) is 24.6. The SMILES string of the molecule is CCCCCCCCCCCCCCCCCCCCC#CCCc1ccccc1N=C(CCCCC)C(C#CCCCCCCCCCCCCCCCCCCCCCC)=Nc1ccc(CCC)c(CCC)c1. The summed E-state index contributed by atoms with van der Waals surface area (Å²) in [6, 6.07) is 15.6. The molecule has 0 unspecified atom stereocenters. The number of unbranched alkanes of at least 4 members (excludes halogenated alkanes) is 40. The van der Waals surface area contributed by atoms with Crippen molar-refractivity contribution in [3.05, 3.63) is 59.2 Å². The summed E-state index contributed by atoms with van der Waals surface area (Å²) in [5, 5.41) is 0. The van der Waals surface area contributed by atoms with Gasteiger partial charge in [0, 0.05) is 19.3 Å². The molecule has 0 saturated carbocycles. The first kappa shape index (κ1) is 68.0. The summed E-state index contributed by atoms with van der Waals surface area (Å²) in [5.41, 5.74) is 8.17. The van der Waals surface area contributed by atoms with Crippen LogP contribution in [-0.2, 0) is 19.3 Å². The van der Waals surface area contributed by atoms with Gasteiger partial charge >= 0.3 is 0 Å². The molecule has 0 bridgehead atoms. The predicted molar refractivity (Wildman–Crippen MR) is 339 cm³/mol. The van der Waals surface area contributed by atoms with E-state index in [4.69, 9.17) is 9.98 Å². The van der Waals surface area contributed by atoms with Gasteiger partial charge in [-0.05, 0) is 85.8 Å². The van der Waals surface area contributed by atoms with Crippen molar-refractivity contribution in [2.75, 3.05) is 0 Å². The second-order valence-electron chi connectivity index (χ2n) is 22.9. The molecule has 0 aromatic heterocycles. The van der Waals surface area contributed by atoms with Crippen molar-refractivity contribution in [3.63, 3.8) is 0 Å². The average Bonchev–Trinajstić information content (AvgIpc) is 3.42. The lowest BCUT2D eigenvalue weighted by Crippen LogP contribution is -2.13. The van der Waals surface area contributed by atoms with Crippen molar-refractivity contribution < 1.29 is 0 Å². The summed E-state index contributed by atoms with van der Waals surface area (Å²) in [7, 11) is 0. The van der Waals surface area contributed by atoms with E-state index in [0.717, 1.165) is 93.4 Å². The highest BCUT2D eigenvalue weighted by Gasteiger charge is 2.12. The molecule has 0 aliphatic carbocycles. The van der Waals surface area contributed by atoms with Gasteiger partial charge in [0.25, 0.3) is 0 Å². The molecule has 2 rings (SSSR count). The Labute approximate surface area is 469 Å². The van der Waals surface area contributed by atoms with Gasteiger partial charge in [0.15, 0.2) is 0 Å². The van der Waals surface area contributed by atoms with Gasteiger partial charge in [-0.2, -0.15) is 0 Å². The smallest absolute Gasteiger partial charge is 0.135 e. The zero-order chi connectivity index (χ0) is 53.6. The molecule has 0 amide bonds. The molecular weight excluding hydrogens is 905 g/mol. The van der Waals surface area contributed by atoms with E-state index in [0.29, 0.717) is 0 Å². The molecule has 0 N–H and O–H groups in total. The van der Waals surface area contributed by atoms with E-state index in [2.05, 4.69) is 101 Å². The topological polar surface area (TPSA) is 24.7 Å². The van der Waals surface area contributed by atoms with Crippen molar-refractivity contribution in [2.45, 2.75) is 356 Å². The first-order valence-electron chi connectivity index (χ1n) is 33.5. The number of benzene rings is 2. The third kappa shape index (κ3) is 39.9. The van der Waals surface area contributed by atoms with Gasteiger partial charge in [-0.1, -0.05) is 322 Å². The Balaban J connectivity index is 1.88. The van der Waals surface area contributed by atoms with E-state index in [1.807, 2.05) is 0 Å². The maximum Gasteiger partial charge on any atom is 0.135 e. The zero-order valence-corrected chi connectivity index (χ0v) is 50.8. The van der Waals surface area contributed by atoms with Crippen LogP contribution in [0.4, 0.5) is 11.4 Å². The van der Waals surface area contributed by atoms with Gasteiger partial charge in [-0.3, -0.25) is 4.99 Å². The first-order valence-corrected chi connectivity index (χ1v) is 33.5. The number of aryl methyl sites for hydroxylation is 3. The molecule has 2 nitrogen and oxygen atoms in total. The highest BCUT2D eigenvalue weighted by Crippen LogP contribution is 2.26. The van der Waals surface area contributed by atoms with Crippen LogP contribution in [0.3, 0.4) is 0 Å². The van der Waals surface area contributed by atoms with E-state index >= 15 is 0 Å². The highest BCUT2D eigenvalue weighted by atomic mass is 14.8. The maximum atomic E-state index is 5.48. The molecule has 2 heteroatoms. The first-order chi connectivity index (χ1) is 37.2. The molecule has 0 spiro atoms. The zero-order valence-electron chi connectivity index (χ0n) is 50.8. The van der Waals surface area contributed by atoms with Crippen LogP contribution in [-0.4, -0.2) is 11.4 Å². The quantitative estimate of drug-likeness (QED) is 0.0358. The summed E-state index contributed by atoms with van der Waals surface area (Å²) in [6.07, 6.45) is 66.2. The van der Waals surface area contributed by atoms with Crippen molar-refractivity contribution in [1.82, 2.24) is 0 Å². The molecule has 0 aliphatic heterocycles. The van der Waals surface area contributed by atoms with E-state index in [1.54, 1.807) is 0 Å². The van der Waals surface area contributed by atoms with E-state index < -0.39 is 0 Å². The minimum atomic E-state index is 0.865. The van der Waals surface area contributed by atoms with Crippen LogP contribution in [0.15, 0.2) is 52.4 Å². The molecule has 424 valence electrons. The largest absolute Gasteiger partial charge is 0.250 e. The van der Waals surface area contributed by atoms with Gasteiger partial charge in [0.1, 0.15) is 5.71 Å². The van der Waals surface area contributed by atoms with Gasteiger partial charge < -0.3 is 0 Å².